The molecule has 2 aliphatic rings. The smallest absolute Gasteiger partial charge is 0.191 e. The molecule has 3 rings (SSSR count). The minimum Gasteiger partial charge on any atom is -0.497 e. The topological polar surface area (TPSA) is 58.1 Å². The van der Waals surface area contributed by atoms with E-state index in [2.05, 4.69) is 40.7 Å². The quantitative estimate of drug-likeness (QED) is 0.503. The van der Waals surface area contributed by atoms with Crippen LogP contribution in [-0.2, 0) is 4.74 Å². The summed E-state index contributed by atoms with van der Waals surface area (Å²) in [5.41, 5.74) is 1.28. The Morgan fingerprint density at radius 2 is 2.14 bits per heavy atom. The van der Waals surface area contributed by atoms with Gasteiger partial charge in [0.25, 0.3) is 0 Å². The highest BCUT2D eigenvalue weighted by atomic mass is 16.5. The molecule has 0 saturated carbocycles. The first-order valence-corrected chi connectivity index (χ1v) is 10.8. The van der Waals surface area contributed by atoms with Gasteiger partial charge in [0.05, 0.1) is 25.8 Å². The molecule has 2 saturated heterocycles. The maximum absolute atomic E-state index is 5.72. The van der Waals surface area contributed by atoms with E-state index in [0.29, 0.717) is 6.10 Å². The molecule has 0 amide bonds. The number of nitrogens with one attached hydrogen (secondary N) is 2. The fourth-order valence-electron chi connectivity index (χ4n) is 4.08. The van der Waals surface area contributed by atoms with E-state index in [9.17, 15) is 0 Å². The Balaban J connectivity index is 1.64. The van der Waals surface area contributed by atoms with Crippen molar-refractivity contribution in [2.45, 2.75) is 51.2 Å². The first kappa shape index (κ1) is 20.9. The Labute approximate surface area is 169 Å². The number of methoxy groups -OCH3 is 1. The van der Waals surface area contributed by atoms with E-state index in [1.807, 2.05) is 6.07 Å². The monoisotopic (exact) mass is 388 g/mol. The first-order chi connectivity index (χ1) is 13.8. The highest BCUT2D eigenvalue weighted by Gasteiger charge is 2.24. The van der Waals surface area contributed by atoms with Gasteiger partial charge in [-0.05, 0) is 69.8 Å². The molecule has 6 nitrogen and oxygen atoms in total. The summed E-state index contributed by atoms with van der Waals surface area (Å²) in [5, 5.41) is 6.87. The van der Waals surface area contributed by atoms with Gasteiger partial charge in [-0.25, -0.2) is 0 Å². The van der Waals surface area contributed by atoms with E-state index in [-0.39, 0.29) is 6.04 Å². The summed E-state index contributed by atoms with van der Waals surface area (Å²) in [6.07, 6.45) is 6.35. The molecule has 1 aromatic rings. The van der Waals surface area contributed by atoms with Gasteiger partial charge in [0.1, 0.15) is 5.75 Å². The average Bonchev–Trinajstić information content (AvgIpc) is 3.43. The summed E-state index contributed by atoms with van der Waals surface area (Å²) in [6.45, 7) is 7.79. The number of nitrogens with zero attached hydrogens (tertiary/aromatic N) is 2. The van der Waals surface area contributed by atoms with Crippen LogP contribution in [-0.4, -0.2) is 63.4 Å². The van der Waals surface area contributed by atoms with Crippen LogP contribution in [0.3, 0.4) is 0 Å². The van der Waals surface area contributed by atoms with Gasteiger partial charge in [-0.15, -0.1) is 0 Å². The zero-order valence-corrected chi connectivity index (χ0v) is 17.5. The third-order valence-corrected chi connectivity index (χ3v) is 5.61. The van der Waals surface area contributed by atoms with Crippen molar-refractivity contribution in [1.29, 1.82) is 0 Å². The fourth-order valence-corrected chi connectivity index (χ4v) is 4.08. The van der Waals surface area contributed by atoms with Gasteiger partial charge in [0.15, 0.2) is 5.96 Å². The number of hydrogen-bond donors (Lipinski definition) is 2. The number of guanidine groups is 1. The van der Waals surface area contributed by atoms with Gasteiger partial charge in [0, 0.05) is 19.7 Å². The fraction of sp³-hybridized carbons (Fsp3) is 0.682. The molecule has 156 valence electrons. The van der Waals surface area contributed by atoms with Gasteiger partial charge in [-0.2, -0.15) is 0 Å². The van der Waals surface area contributed by atoms with Crippen LogP contribution >= 0.6 is 0 Å². The molecule has 2 N–H and O–H groups in total. The molecule has 2 heterocycles. The lowest BCUT2D eigenvalue weighted by Crippen LogP contribution is -2.39. The van der Waals surface area contributed by atoms with Crippen molar-refractivity contribution in [2.24, 2.45) is 4.99 Å². The van der Waals surface area contributed by atoms with Crippen molar-refractivity contribution in [2.75, 3.05) is 46.4 Å². The van der Waals surface area contributed by atoms with Crippen molar-refractivity contribution >= 4 is 5.96 Å². The maximum atomic E-state index is 5.72. The highest BCUT2D eigenvalue weighted by Crippen LogP contribution is 2.27. The molecule has 28 heavy (non-hydrogen) atoms. The van der Waals surface area contributed by atoms with Crippen LogP contribution in [0.15, 0.2) is 29.3 Å². The third-order valence-electron chi connectivity index (χ3n) is 5.61. The SMILES string of the molecule is CCNC(=NCC(c1cccc(OC)c1)N1CCCC1)NCCC1CCCO1. The summed E-state index contributed by atoms with van der Waals surface area (Å²) in [6, 6.07) is 8.71. The molecular formula is C22H36N4O2. The predicted octanol–water partition coefficient (Wildman–Crippen LogP) is 2.96. The lowest BCUT2D eigenvalue weighted by Gasteiger charge is -2.27. The minimum absolute atomic E-state index is 0.284. The van der Waals surface area contributed by atoms with E-state index >= 15 is 0 Å². The van der Waals surface area contributed by atoms with Crippen molar-refractivity contribution in [3.8, 4) is 5.75 Å². The summed E-state index contributed by atoms with van der Waals surface area (Å²) in [4.78, 5) is 7.48. The Hall–Kier alpha value is -1.79. The molecule has 0 bridgehead atoms. The average molecular weight is 389 g/mol. The third kappa shape index (κ3) is 6.11. The Morgan fingerprint density at radius 1 is 1.29 bits per heavy atom. The van der Waals surface area contributed by atoms with Crippen LogP contribution < -0.4 is 15.4 Å². The van der Waals surface area contributed by atoms with Crippen LogP contribution in [0.5, 0.6) is 5.75 Å². The Morgan fingerprint density at radius 3 is 2.86 bits per heavy atom. The van der Waals surface area contributed by atoms with Crippen molar-refractivity contribution in [3.05, 3.63) is 29.8 Å². The second-order valence-corrected chi connectivity index (χ2v) is 7.61. The minimum atomic E-state index is 0.284. The number of rotatable bonds is 9. The number of aliphatic imine (C=N–C) groups is 1. The van der Waals surface area contributed by atoms with Gasteiger partial charge in [-0.3, -0.25) is 9.89 Å². The van der Waals surface area contributed by atoms with E-state index in [1.165, 1.54) is 31.2 Å². The summed E-state index contributed by atoms with van der Waals surface area (Å²) in [5.74, 6) is 1.81. The van der Waals surface area contributed by atoms with Crippen LogP contribution in [0.4, 0.5) is 0 Å². The number of benzene rings is 1. The van der Waals surface area contributed by atoms with Gasteiger partial charge in [-0.1, -0.05) is 12.1 Å². The largest absolute Gasteiger partial charge is 0.497 e. The maximum Gasteiger partial charge on any atom is 0.191 e. The number of likely N-dealkylation sites (tertiary alicyclic amines) is 1. The second kappa shape index (κ2) is 11.3. The lowest BCUT2D eigenvalue weighted by atomic mass is 10.1. The Kier molecular flexibility index (Phi) is 8.42. The molecule has 0 radical (unpaired) electrons. The van der Waals surface area contributed by atoms with E-state index in [4.69, 9.17) is 14.5 Å². The van der Waals surface area contributed by atoms with Crippen LogP contribution in [0, 0.1) is 0 Å². The number of hydrogen-bond acceptors (Lipinski definition) is 4. The molecule has 2 aliphatic heterocycles. The number of ether oxygens (including phenoxy) is 2. The lowest BCUT2D eigenvalue weighted by molar-refractivity contribution is 0.105. The van der Waals surface area contributed by atoms with Crippen LogP contribution in [0.1, 0.15) is 50.6 Å². The van der Waals surface area contributed by atoms with E-state index < -0.39 is 0 Å². The zero-order chi connectivity index (χ0) is 19.6. The predicted molar refractivity (Wildman–Crippen MR) is 114 cm³/mol. The summed E-state index contributed by atoms with van der Waals surface area (Å²) >= 11 is 0. The molecule has 1 aromatic carbocycles. The summed E-state index contributed by atoms with van der Waals surface area (Å²) < 4.78 is 11.2. The Bertz CT molecular complexity index is 610. The molecule has 0 aromatic heterocycles. The summed E-state index contributed by atoms with van der Waals surface area (Å²) in [7, 11) is 1.73. The molecule has 2 fully saturated rings. The van der Waals surface area contributed by atoms with Gasteiger partial charge in [0.2, 0.25) is 0 Å². The van der Waals surface area contributed by atoms with Crippen molar-refractivity contribution in [1.82, 2.24) is 15.5 Å². The molecule has 0 aliphatic carbocycles. The van der Waals surface area contributed by atoms with E-state index in [1.54, 1.807) is 7.11 Å². The van der Waals surface area contributed by atoms with Crippen LogP contribution in [0.25, 0.3) is 0 Å². The standard InChI is InChI=1S/C22H36N4O2/c1-3-23-22(24-12-11-19-10-7-15-28-19)25-17-21(26-13-4-5-14-26)18-8-6-9-20(16-18)27-2/h6,8-9,16,19,21H,3-5,7,10-15,17H2,1-2H3,(H2,23,24,25). The highest BCUT2D eigenvalue weighted by molar-refractivity contribution is 5.79. The molecule has 0 spiro atoms. The van der Waals surface area contributed by atoms with E-state index in [0.717, 1.165) is 57.5 Å². The van der Waals surface area contributed by atoms with Crippen molar-refractivity contribution < 1.29 is 9.47 Å². The van der Waals surface area contributed by atoms with Crippen LogP contribution in [0.2, 0.25) is 0 Å². The zero-order valence-electron chi connectivity index (χ0n) is 17.5. The first-order valence-electron chi connectivity index (χ1n) is 10.8. The molecule has 6 heteroatoms. The van der Waals surface area contributed by atoms with Gasteiger partial charge < -0.3 is 20.1 Å². The molecular weight excluding hydrogens is 352 g/mol. The molecule has 2 unspecified atom stereocenters. The second-order valence-electron chi connectivity index (χ2n) is 7.61. The van der Waals surface area contributed by atoms with Crippen molar-refractivity contribution in [3.63, 3.8) is 0 Å². The molecule has 2 atom stereocenters. The van der Waals surface area contributed by atoms with Gasteiger partial charge >= 0.3 is 0 Å². The normalized spacial score (nSPS) is 21.6.